The standard InChI is InChI=1S/C24H27N7O5/c1-14-10-15(2-4-25-14)23-27-18(13-35-23)22(33)26-17-11-19-20(28-21(17)31-5-3-16(32)12-31)29-24(36-19)30-6-8-34-9-7-30/h2,4,10-11,13,16,22,26,32-33H,3,5-9,12H2,1H3/t16-,22?/m1/s1. The molecule has 6 rings (SSSR count). The molecule has 4 aromatic heterocycles. The van der Waals surface area contributed by atoms with E-state index in [-0.39, 0.29) is 0 Å². The van der Waals surface area contributed by atoms with Gasteiger partial charge >= 0.3 is 0 Å². The van der Waals surface area contributed by atoms with Crippen molar-refractivity contribution in [3.05, 3.63) is 42.0 Å². The van der Waals surface area contributed by atoms with Gasteiger partial charge in [0.1, 0.15) is 12.0 Å². The first kappa shape index (κ1) is 22.7. The van der Waals surface area contributed by atoms with Crippen LogP contribution in [0.15, 0.2) is 39.5 Å². The smallest absolute Gasteiger partial charge is 0.300 e. The van der Waals surface area contributed by atoms with Gasteiger partial charge in [0.15, 0.2) is 17.6 Å². The highest BCUT2D eigenvalue weighted by Gasteiger charge is 2.27. The van der Waals surface area contributed by atoms with Crippen LogP contribution in [0.25, 0.3) is 22.7 Å². The Morgan fingerprint density at radius 3 is 2.75 bits per heavy atom. The molecule has 0 bridgehead atoms. The summed E-state index contributed by atoms with van der Waals surface area (Å²) in [5.74, 6) is 0.964. The molecular formula is C24H27N7O5. The highest BCUT2D eigenvalue weighted by molar-refractivity contribution is 5.82. The number of morpholine rings is 1. The number of aliphatic hydroxyl groups excluding tert-OH is 2. The summed E-state index contributed by atoms with van der Waals surface area (Å²) in [6.45, 7) is 5.56. The molecular weight excluding hydrogens is 466 g/mol. The van der Waals surface area contributed by atoms with E-state index in [2.05, 4.69) is 20.3 Å². The Balaban J connectivity index is 1.31. The van der Waals surface area contributed by atoms with E-state index in [1.165, 1.54) is 6.26 Å². The van der Waals surface area contributed by atoms with Gasteiger partial charge in [0.2, 0.25) is 11.5 Å². The summed E-state index contributed by atoms with van der Waals surface area (Å²) < 4.78 is 17.0. The fourth-order valence-corrected chi connectivity index (χ4v) is 4.46. The van der Waals surface area contributed by atoms with Crippen LogP contribution in [0.4, 0.5) is 17.5 Å². The maximum atomic E-state index is 11.0. The normalized spacial score (nSPS) is 19.2. The maximum absolute atomic E-state index is 11.0. The number of rotatable bonds is 6. The summed E-state index contributed by atoms with van der Waals surface area (Å²) in [5.41, 5.74) is 3.42. The van der Waals surface area contributed by atoms with Gasteiger partial charge in [0.05, 0.1) is 25.0 Å². The number of ether oxygens (including phenoxy) is 1. The molecule has 4 aromatic rings. The van der Waals surface area contributed by atoms with Gasteiger partial charge in [-0.3, -0.25) is 4.98 Å². The Hall–Kier alpha value is -3.74. The van der Waals surface area contributed by atoms with Gasteiger partial charge in [-0.05, 0) is 25.5 Å². The van der Waals surface area contributed by atoms with Crippen LogP contribution in [-0.4, -0.2) is 75.6 Å². The van der Waals surface area contributed by atoms with Crippen molar-refractivity contribution in [2.24, 2.45) is 0 Å². The monoisotopic (exact) mass is 493 g/mol. The Morgan fingerprint density at radius 2 is 1.97 bits per heavy atom. The van der Waals surface area contributed by atoms with Crippen LogP contribution in [0.2, 0.25) is 0 Å². The van der Waals surface area contributed by atoms with Gasteiger partial charge in [-0.15, -0.1) is 0 Å². The van der Waals surface area contributed by atoms with E-state index < -0.39 is 12.3 Å². The number of pyridine rings is 2. The third-order valence-corrected chi connectivity index (χ3v) is 6.33. The van der Waals surface area contributed by atoms with Gasteiger partial charge in [-0.2, -0.15) is 4.98 Å². The van der Waals surface area contributed by atoms with Crippen molar-refractivity contribution >= 4 is 28.8 Å². The molecule has 2 fully saturated rings. The number of anilines is 3. The Morgan fingerprint density at radius 1 is 1.11 bits per heavy atom. The maximum Gasteiger partial charge on any atom is 0.300 e. The molecule has 0 radical (unpaired) electrons. The summed E-state index contributed by atoms with van der Waals surface area (Å²) >= 11 is 0. The first-order valence-electron chi connectivity index (χ1n) is 11.9. The molecule has 6 heterocycles. The molecule has 1 unspecified atom stereocenters. The van der Waals surface area contributed by atoms with Crippen molar-refractivity contribution in [3.8, 4) is 11.5 Å². The molecule has 0 spiro atoms. The Labute approximate surface area is 206 Å². The predicted octanol–water partition coefficient (Wildman–Crippen LogP) is 2.09. The number of fused-ring (bicyclic) bond motifs is 1. The minimum atomic E-state index is -1.17. The molecule has 0 aromatic carbocycles. The summed E-state index contributed by atoms with van der Waals surface area (Å²) in [4.78, 5) is 22.0. The molecule has 2 aliphatic heterocycles. The SMILES string of the molecule is Cc1cc(-c2nc(C(O)Nc3cc4oc(N5CCOCC5)nc4nc3N3CC[C@@H](O)C3)co2)ccn1. The van der Waals surface area contributed by atoms with E-state index in [0.717, 1.165) is 11.3 Å². The first-order chi connectivity index (χ1) is 17.5. The number of aryl methyl sites for hydroxylation is 1. The third kappa shape index (κ3) is 4.45. The molecule has 2 saturated heterocycles. The lowest BCUT2D eigenvalue weighted by Crippen LogP contribution is -2.36. The van der Waals surface area contributed by atoms with Crippen molar-refractivity contribution in [2.75, 3.05) is 54.5 Å². The highest BCUT2D eigenvalue weighted by Crippen LogP contribution is 2.34. The van der Waals surface area contributed by atoms with E-state index in [1.54, 1.807) is 18.3 Å². The fraction of sp³-hybridized carbons (Fsp3) is 0.417. The van der Waals surface area contributed by atoms with Crippen molar-refractivity contribution in [1.82, 2.24) is 19.9 Å². The number of aliphatic hydroxyl groups is 2. The van der Waals surface area contributed by atoms with Crippen LogP contribution in [0, 0.1) is 6.92 Å². The van der Waals surface area contributed by atoms with E-state index in [0.29, 0.717) is 86.1 Å². The molecule has 0 aliphatic carbocycles. The fourth-order valence-electron chi connectivity index (χ4n) is 4.46. The first-order valence-corrected chi connectivity index (χ1v) is 11.9. The Kier molecular flexibility index (Phi) is 5.91. The predicted molar refractivity (Wildman–Crippen MR) is 131 cm³/mol. The van der Waals surface area contributed by atoms with Gasteiger partial charge < -0.3 is 38.9 Å². The molecule has 12 nitrogen and oxygen atoms in total. The average molecular weight is 494 g/mol. The second-order valence-electron chi connectivity index (χ2n) is 8.98. The number of aromatic nitrogens is 4. The lowest BCUT2D eigenvalue weighted by molar-refractivity contribution is 0.120. The zero-order valence-corrected chi connectivity index (χ0v) is 19.8. The summed E-state index contributed by atoms with van der Waals surface area (Å²) in [5, 5.41) is 24.2. The van der Waals surface area contributed by atoms with E-state index in [4.69, 9.17) is 18.6 Å². The second kappa shape index (κ2) is 9.37. The van der Waals surface area contributed by atoms with Gasteiger partial charge in [-0.25, -0.2) is 9.97 Å². The molecule has 2 aliphatic rings. The van der Waals surface area contributed by atoms with Gasteiger partial charge in [0, 0.05) is 49.7 Å². The zero-order valence-electron chi connectivity index (χ0n) is 19.8. The van der Waals surface area contributed by atoms with E-state index >= 15 is 0 Å². The minimum absolute atomic E-state index is 0.318. The molecule has 3 N–H and O–H groups in total. The molecule has 0 amide bonds. The summed E-state index contributed by atoms with van der Waals surface area (Å²) in [6.07, 6.45) is 2.13. The largest absolute Gasteiger partial charge is 0.444 e. The van der Waals surface area contributed by atoms with Crippen LogP contribution >= 0.6 is 0 Å². The van der Waals surface area contributed by atoms with Crippen molar-refractivity contribution in [3.63, 3.8) is 0 Å². The third-order valence-electron chi connectivity index (χ3n) is 6.33. The minimum Gasteiger partial charge on any atom is -0.444 e. The topological polar surface area (TPSA) is 146 Å². The highest BCUT2D eigenvalue weighted by atomic mass is 16.5. The molecule has 0 saturated carbocycles. The van der Waals surface area contributed by atoms with Gasteiger partial charge in [0.25, 0.3) is 6.01 Å². The second-order valence-corrected chi connectivity index (χ2v) is 8.98. The van der Waals surface area contributed by atoms with Crippen LogP contribution in [0.3, 0.4) is 0 Å². The lowest BCUT2D eigenvalue weighted by atomic mass is 10.2. The van der Waals surface area contributed by atoms with Crippen molar-refractivity contribution in [1.29, 1.82) is 0 Å². The average Bonchev–Trinajstić information content (AvgIpc) is 3.63. The number of oxazole rings is 2. The van der Waals surface area contributed by atoms with Crippen molar-refractivity contribution < 1.29 is 23.8 Å². The van der Waals surface area contributed by atoms with Crippen LogP contribution in [-0.2, 0) is 4.74 Å². The Bertz CT molecular complexity index is 1370. The molecule has 2 atom stereocenters. The van der Waals surface area contributed by atoms with Crippen LogP contribution in [0.1, 0.15) is 24.0 Å². The van der Waals surface area contributed by atoms with Crippen molar-refractivity contribution in [2.45, 2.75) is 25.7 Å². The molecule has 12 heteroatoms. The number of hydrogen-bond acceptors (Lipinski definition) is 12. The lowest BCUT2D eigenvalue weighted by Gasteiger charge is -2.24. The number of nitrogens with zero attached hydrogens (tertiary/aromatic N) is 6. The quantitative estimate of drug-likeness (QED) is 0.338. The van der Waals surface area contributed by atoms with E-state index in [1.807, 2.05) is 22.8 Å². The number of hydrogen-bond donors (Lipinski definition) is 3. The molecule has 188 valence electrons. The summed E-state index contributed by atoms with van der Waals surface area (Å²) in [6, 6.07) is 5.92. The van der Waals surface area contributed by atoms with Crippen LogP contribution in [0.5, 0.6) is 0 Å². The van der Waals surface area contributed by atoms with Crippen LogP contribution < -0.4 is 15.1 Å². The molecule has 36 heavy (non-hydrogen) atoms. The van der Waals surface area contributed by atoms with Gasteiger partial charge in [-0.1, -0.05) is 0 Å². The summed E-state index contributed by atoms with van der Waals surface area (Å²) in [7, 11) is 0. The zero-order chi connectivity index (χ0) is 24.6. The number of β-amino-alcohol motifs (C(OH)–C–C–N with tert-alkyl or cyclic N) is 1. The van der Waals surface area contributed by atoms with E-state index in [9.17, 15) is 10.2 Å². The number of nitrogens with one attached hydrogen (secondary N) is 1.